The number of hydrogen-bond donors (Lipinski definition) is 2. The molecule has 1 aliphatic carbocycles. The van der Waals surface area contributed by atoms with E-state index in [1.807, 2.05) is 13.8 Å². The minimum Gasteiger partial charge on any atom is -0.342 e. The van der Waals surface area contributed by atoms with Crippen LogP contribution >= 0.6 is 0 Å². The van der Waals surface area contributed by atoms with Gasteiger partial charge in [0.15, 0.2) is 5.78 Å². The van der Waals surface area contributed by atoms with Gasteiger partial charge in [0.25, 0.3) is 5.91 Å². The summed E-state index contributed by atoms with van der Waals surface area (Å²) in [5.41, 5.74) is 5.89. The van der Waals surface area contributed by atoms with Gasteiger partial charge >= 0.3 is 0 Å². The van der Waals surface area contributed by atoms with Gasteiger partial charge in [0.1, 0.15) is 5.82 Å². The van der Waals surface area contributed by atoms with Gasteiger partial charge in [-0.25, -0.2) is 4.39 Å². The second kappa shape index (κ2) is 11.0. The molecule has 1 aliphatic heterocycles. The molecule has 180 valence electrons. The van der Waals surface area contributed by atoms with E-state index in [2.05, 4.69) is 5.32 Å². The second-order valence-corrected chi connectivity index (χ2v) is 9.50. The molecule has 3 rings (SSSR count). The number of Topliss-reactive ketones (excluding diaryl/α,β-unsaturated/α-hetero) is 1. The highest BCUT2D eigenvalue weighted by Gasteiger charge is 2.33. The van der Waals surface area contributed by atoms with Crippen LogP contribution in [0.4, 0.5) is 4.39 Å². The lowest BCUT2D eigenvalue weighted by atomic mass is 9.80. The second-order valence-electron chi connectivity index (χ2n) is 9.50. The fraction of sp³-hybridized carbons (Fsp3) is 0.640. The van der Waals surface area contributed by atoms with E-state index in [-0.39, 0.29) is 44.4 Å². The average Bonchev–Trinajstić information content (AvgIpc) is 2.82. The standard InChI is InChI=1S/C25H36FN3O3.2H2/c1-16(2)24(31)23(17-8-4-3-5-9-17)28-25(32)20-12-6-11-19(22(20)26)18-10-7-13-29(15-18)21(30)14-27;;/h6,11-12,16-18,23H,3-5,7-10,13-15,27H2,1-2H3,(H,28,32);2*1H/t18?,23-;;/m1../s1. The Hall–Kier alpha value is -2.28. The average molecular weight is 450 g/mol. The number of hydrogen-bond acceptors (Lipinski definition) is 4. The van der Waals surface area contributed by atoms with Gasteiger partial charge in [0, 0.05) is 27.8 Å². The molecule has 2 amide bonds. The van der Waals surface area contributed by atoms with Crippen LogP contribution in [0.3, 0.4) is 0 Å². The molecule has 2 atom stereocenters. The van der Waals surface area contributed by atoms with Gasteiger partial charge in [-0.05, 0) is 43.2 Å². The maximum Gasteiger partial charge on any atom is 0.254 e. The number of nitrogens with zero attached hydrogens (tertiary/aromatic N) is 1. The smallest absolute Gasteiger partial charge is 0.254 e. The van der Waals surface area contributed by atoms with E-state index in [4.69, 9.17) is 5.73 Å². The molecule has 2 aliphatic rings. The minimum absolute atomic E-state index is 0. The molecule has 1 saturated heterocycles. The Morgan fingerprint density at radius 2 is 1.88 bits per heavy atom. The lowest BCUT2D eigenvalue weighted by Crippen LogP contribution is -2.48. The Bertz CT molecular complexity index is 847. The summed E-state index contributed by atoms with van der Waals surface area (Å²) in [6.07, 6.45) is 6.55. The van der Waals surface area contributed by atoms with Gasteiger partial charge in [-0.2, -0.15) is 0 Å². The molecule has 32 heavy (non-hydrogen) atoms. The van der Waals surface area contributed by atoms with Gasteiger partial charge in [-0.15, -0.1) is 0 Å². The third-order valence-electron chi connectivity index (χ3n) is 6.95. The molecular weight excluding hydrogens is 409 g/mol. The van der Waals surface area contributed by atoms with Crippen LogP contribution in [0.2, 0.25) is 0 Å². The van der Waals surface area contributed by atoms with Crippen LogP contribution in [0.5, 0.6) is 0 Å². The summed E-state index contributed by atoms with van der Waals surface area (Å²) in [6.45, 7) is 4.62. The number of carbonyl (C=O) groups excluding carboxylic acids is 3. The normalized spacial score (nSPS) is 20.8. The van der Waals surface area contributed by atoms with E-state index >= 15 is 4.39 Å². The SMILES string of the molecule is CC(C)C(=O)[C@H](NC(=O)c1cccc(C2CCCN(C(=O)CN)C2)c1F)C1CCCCC1.[HH].[HH]. The Kier molecular flexibility index (Phi) is 8.40. The molecular formula is C25H40FN3O3. The summed E-state index contributed by atoms with van der Waals surface area (Å²) in [7, 11) is 0. The number of amides is 2. The summed E-state index contributed by atoms with van der Waals surface area (Å²) in [4.78, 5) is 39.7. The molecule has 1 saturated carbocycles. The number of carbonyl (C=O) groups is 3. The highest BCUT2D eigenvalue weighted by Crippen LogP contribution is 2.31. The first-order valence-electron chi connectivity index (χ1n) is 11.9. The monoisotopic (exact) mass is 449 g/mol. The van der Waals surface area contributed by atoms with Crippen molar-refractivity contribution in [1.82, 2.24) is 10.2 Å². The zero-order chi connectivity index (χ0) is 23.3. The first-order chi connectivity index (χ1) is 15.3. The number of piperidine rings is 1. The highest BCUT2D eigenvalue weighted by atomic mass is 19.1. The van der Waals surface area contributed by atoms with Crippen molar-refractivity contribution < 1.29 is 21.6 Å². The van der Waals surface area contributed by atoms with Crippen LogP contribution in [-0.2, 0) is 9.59 Å². The number of likely N-dealkylation sites (tertiary alicyclic amines) is 1. The zero-order valence-corrected chi connectivity index (χ0v) is 19.2. The maximum atomic E-state index is 15.5. The van der Waals surface area contributed by atoms with Crippen molar-refractivity contribution in [3.05, 3.63) is 35.1 Å². The number of rotatable bonds is 7. The summed E-state index contributed by atoms with van der Waals surface area (Å²) in [6, 6.07) is 4.25. The van der Waals surface area contributed by atoms with Crippen molar-refractivity contribution in [1.29, 1.82) is 0 Å². The minimum atomic E-state index is -0.585. The maximum absolute atomic E-state index is 15.5. The van der Waals surface area contributed by atoms with Crippen molar-refractivity contribution in [2.75, 3.05) is 19.6 Å². The molecule has 1 unspecified atom stereocenters. The Morgan fingerprint density at radius 1 is 1.16 bits per heavy atom. The van der Waals surface area contributed by atoms with Crippen LogP contribution in [0, 0.1) is 17.7 Å². The predicted octanol–water partition coefficient (Wildman–Crippen LogP) is 3.89. The van der Waals surface area contributed by atoms with Crippen molar-refractivity contribution >= 4 is 17.6 Å². The molecule has 3 N–H and O–H groups in total. The van der Waals surface area contributed by atoms with Gasteiger partial charge in [-0.3, -0.25) is 14.4 Å². The van der Waals surface area contributed by atoms with E-state index in [1.165, 1.54) is 6.07 Å². The van der Waals surface area contributed by atoms with Crippen molar-refractivity contribution in [2.45, 2.75) is 70.8 Å². The zero-order valence-electron chi connectivity index (χ0n) is 19.2. The molecule has 0 spiro atoms. The lowest BCUT2D eigenvalue weighted by molar-refractivity contribution is -0.130. The lowest BCUT2D eigenvalue weighted by Gasteiger charge is -2.33. The largest absolute Gasteiger partial charge is 0.342 e. The van der Waals surface area contributed by atoms with Crippen molar-refractivity contribution in [3.63, 3.8) is 0 Å². The first-order valence-corrected chi connectivity index (χ1v) is 11.9. The summed E-state index contributed by atoms with van der Waals surface area (Å²) in [5.74, 6) is -1.53. The first kappa shape index (κ1) is 24.4. The number of nitrogens with one attached hydrogen (secondary N) is 1. The van der Waals surface area contributed by atoms with Gasteiger partial charge in [0.05, 0.1) is 18.2 Å². The summed E-state index contributed by atoms with van der Waals surface area (Å²) in [5, 5.41) is 2.88. The molecule has 1 aromatic rings. The van der Waals surface area contributed by atoms with Crippen LogP contribution in [-0.4, -0.2) is 48.2 Å². The van der Waals surface area contributed by atoms with Gasteiger partial charge < -0.3 is 16.0 Å². The number of nitrogens with two attached hydrogens (primary N) is 1. The molecule has 6 nitrogen and oxygen atoms in total. The molecule has 2 fully saturated rings. The van der Waals surface area contributed by atoms with Crippen molar-refractivity contribution in [3.8, 4) is 0 Å². The van der Waals surface area contributed by atoms with E-state index in [0.29, 0.717) is 18.7 Å². The third kappa shape index (κ3) is 5.55. The Morgan fingerprint density at radius 3 is 2.53 bits per heavy atom. The predicted molar refractivity (Wildman–Crippen MR) is 126 cm³/mol. The number of halogens is 1. The van der Waals surface area contributed by atoms with E-state index in [1.54, 1.807) is 17.0 Å². The van der Waals surface area contributed by atoms with E-state index in [0.717, 1.165) is 44.9 Å². The third-order valence-corrected chi connectivity index (χ3v) is 6.95. The molecule has 1 heterocycles. The van der Waals surface area contributed by atoms with E-state index in [9.17, 15) is 14.4 Å². The van der Waals surface area contributed by atoms with Crippen LogP contribution in [0.15, 0.2) is 18.2 Å². The fourth-order valence-electron chi connectivity index (χ4n) is 5.09. The molecule has 0 radical (unpaired) electrons. The van der Waals surface area contributed by atoms with Crippen LogP contribution in [0.1, 0.15) is 83.5 Å². The van der Waals surface area contributed by atoms with Gasteiger partial charge in [-0.1, -0.05) is 45.2 Å². The Balaban J connectivity index is 0.00000289. The molecule has 7 heteroatoms. The van der Waals surface area contributed by atoms with E-state index < -0.39 is 17.8 Å². The van der Waals surface area contributed by atoms with Crippen molar-refractivity contribution in [2.24, 2.45) is 17.6 Å². The fourth-order valence-corrected chi connectivity index (χ4v) is 5.09. The summed E-state index contributed by atoms with van der Waals surface area (Å²) < 4.78 is 15.5. The summed E-state index contributed by atoms with van der Waals surface area (Å²) >= 11 is 0. The Labute approximate surface area is 193 Å². The molecule has 0 aromatic heterocycles. The van der Waals surface area contributed by atoms with Crippen LogP contribution in [0.25, 0.3) is 0 Å². The van der Waals surface area contributed by atoms with Gasteiger partial charge in [0.2, 0.25) is 5.91 Å². The number of ketones is 1. The molecule has 1 aromatic carbocycles. The topological polar surface area (TPSA) is 92.5 Å². The van der Waals surface area contributed by atoms with Crippen LogP contribution < -0.4 is 11.1 Å². The number of benzene rings is 1. The molecule has 0 bridgehead atoms. The quantitative estimate of drug-likeness (QED) is 0.661. The highest BCUT2D eigenvalue weighted by molar-refractivity contribution is 5.98.